The summed E-state index contributed by atoms with van der Waals surface area (Å²) in [6.45, 7) is 1.95. The summed E-state index contributed by atoms with van der Waals surface area (Å²) in [5.74, 6) is 1.47. The van der Waals surface area contributed by atoms with Gasteiger partial charge >= 0.3 is 0 Å². The van der Waals surface area contributed by atoms with Crippen LogP contribution in [-0.4, -0.2) is 4.98 Å². The van der Waals surface area contributed by atoms with Gasteiger partial charge in [-0.1, -0.05) is 12.1 Å². The maximum absolute atomic E-state index is 5.78. The van der Waals surface area contributed by atoms with E-state index in [4.69, 9.17) is 10.5 Å². The lowest BCUT2D eigenvalue weighted by Gasteiger charge is -2.08. The summed E-state index contributed by atoms with van der Waals surface area (Å²) < 4.78 is 6.55. The fraction of sp³-hybridized carbons (Fsp3) is 0.154. The minimum Gasteiger partial charge on any atom is -0.456 e. The van der Waals surface area contributed by atoms with Crippen LogP contribution in [0.2, 0.25) is 0 Å². The van der Waals surface area contributed by atoms with Gasteiger partial charge < -0.3 is 10.5 Å². The predicted octanol–water partition coefficient (Wildman–Crippen LogP) is 3.66. The summed E-state index contributed by atoms with van der Waals surface area (Å²) in [4.78, 5) is 4.03. The lowest BCUT2D eigenvalue weighted by atomic mass is 10.1. The first-order chi connectivity index (χ1) is 8.15. The highest BCUT2D eigenvalue weighted by Gasteiger charge is 2.01. The van der Waals surface area contributed by atoms with Crippen LogP contribution in [0.25, 0.3) is 0 Å². The molecule has 0 aliphatic heterocycles. The normalized spacial score (nSPS) is 12.2. The quantitative estimate of drug-likeness (QED) is 0.939. The Bertz CT molecular complexity index is 497. The predicted molar refractivity (Wildman–Crippen MR) is 71.1 cm³/mol. The summed E-state index contributed by atoms with van der Waals surface area (Å²) in [6.07, 6.45) is 3.39. The molecule has 2 N–H and O–H groups in total. The molecule has 0 bridgehead atoms. The molecular weight excluding hydrogens is 280 g/mol. The molecule has 1 unspecified atom stereocenters. The number of pyridine rings is 1. The van der Waals surface area contributed by atoms with E-state index in [1.54, 1.807) is 12.4 Å². The fourth-order valence-corrected chi connectivity index (χ4v) is 1.77. The van der Waals surface area contributed by atoms with E-state index in [1.807, 2.05) is 37.3 Å². The Morgan fingerprint density at radius 2 is 1.88 bits per heavy atom. The van der Waals surface area contributed by atoms with Crippen molar-refractivity contribution >= 4 is 15.9 Å². The molecule has 0 spiro atoms. The zero-order valence-electron chi connectivity index (χ0n) is 9.43. The number of nitrogens with zero attached hydrogens (tertiary/aromatic N) is 1. The van der Waals surface area contributed by atoms with E-state index >= 15 is 0 Å². The molecule has 0 aliphatic carbocycles. The highest BCUT2D eigenvalue weighted by molar-refractivity contribution is 9.10. The molecule has 1 heterocycles. The van der Waals surface area contributed by atoms with Crippen molar-refractivity contribution in [2.45, 2.75) is 13.0 Å². The number of halogens is 1. The van der Waals surface area contributed by atoms with Gasteiger partial charge in [0.1, 0.15) is 11.5 Å². The summed E-state index contributed by atoms with van der Waals surface area (Å²) >= 11 is 3.35. The fourth-order valence-electron chi connectivity index (χ4n) is 1.42. The van der Waals surface area contributed by atoms with E-state index in [0.717, 1.165) is 15.8 Å². The Balaban J connectivity index is 2.14. The molecule has 2 aromatic rings. The lowest BCUT2D eigenvalue weighted by molar-refractivity contribution is 0.479. The summed E-state index contributed by atoms with van der Waals surface area (Å²) in [6, 6.07) is 9.64. The van der Waals surface area contributed by atoms with Crippen molar-refractivity contribution in [2.75, 3.05) is 0 Å². The average Bonchev–Trinajstić information content (AvgIpc) is 2.29. The molecule has 0 fully saturated rings. The van der Waals surface area contributed by atoms with Crippen molar-refractivity contribution in [1.29, 1.82) is 0 Å². The van der Waals surface area contributed by atoms with Crippen LogP contribution in [0, 0.1) is 0 Å². The molecule has 0 saturated carbocycles. The van der Waals surface area contributed by atoms with Crippen LogP contribution in [0.5, 0.6) is 11.5 Å². The zero-order chi connectivity index (χ0) is 12.3. The first-order valence-electron chi connectivity index (χ1n) is 5.29. The third-order valence-corrected chi connectivity index (χ3v) is 2.76. The molecule has 0 radical (unpaired) electrons. The smallest absolute Gasteiger partial charge is 0.146 e. The van der Waals surface area contributed by atoms with Crippen molar-refractivity contribution in [3.8, 4) is 11.5 Å². The number of hydrogen-bond donors (Lipinski definition) is 1. The Morgan fingerprint density at radius 1 is 1.18 bits per heavy atom. The van der Waals surface area contributed by atoms with Crippen molar-refractivity contribution < 1.29 is 4.74 Å². The second-order valence-corrected chi connectivity index (χ2v) is 4.71. The number of ether oxygens (including phenoxy) is 1. The molecule has 0 amide bonds. The number of hydrogen-bond acceptors (Lipinski definition) is 3. The van der Waals surface area contributed by atoms with Gasteiger partial charge in [0.25, 0.3) is 0 Å². The van der Waals surface area contributed by atoms with Gasteiger partial charge in [-0.25, -0.2) is 0 Å². The van der Waals surface area contributed by atoms with Crippen LogP contribution >= 0.6 is 15.9 Å². The zero-order valence-corrected chi connectivity index (χ0v) is 11.0. The van der Waals surface area contributed by atoms with E-state index in [2.05, 4.69) is 20.9 Å². The highest BCUT2D eigenvalue weighted by Crippen LogP contribution is 2.24. The van der Waals surface area contributed by atoms with E-state index < -0.39 is 0 Å². The molecule has 0 saturated heterocycles. The third kappa shape index (κ3) is 3.28. The largest absolute Gasteiger partial charge is 0.456 e. The molecule has 0 aliphatic rings. The summed E-state index contributed by atoms with van der Waals surface area (Å²) in [5.41, 5.74) is 6.87. The molecule has 3 nitrogen and oxygen atoms in total. The summed E-state index contributed by atoms with van der Waals surface area (Å²) in [7, 11) is 0. The van der Waals surface area contributed by atoms with Crippen molar-refractivity contribution in [3.05, 3.63) is 52.8 Å². The van der Waals surface area contributed by atoms with Crippen LogP contribution in [0.4, 0.5) is 0 Å². The van der Waals surface area contributed by atoms with Gasteiger partial charge in [-0.2, -0.15) is 0 Å². The highest BCUT2D eigenvalue weighted by atomic mass is 79.9. The van der Waals surface area contributed by atoms with Crippen LogP contribution in [0.15, 0.2) is 47.2 Å². The minimum atomic E-state index is 0.0385. The summed E-state index contributed by atoms with van der Waals surface area (Å²) in [5, 5.41) is 0. The molecule has 1 aromatic carbocycles. The van der Waals surface area contributed by atoms with Gasteiger partial charge in [0, 0.05) is 16.7 Å². The van der Waals surface area contributed by atoms with Crippen LogP contribution in [0.1, 0.15) is 18.5 Å². The molecule has 1 aromatic heterocycles. The van der Waals surface area contributed by atoms with Gasteiger partial charge in [0.2, 0.25) is 0 Å². The Kier molecular flexibility index (Phi) is 3.76. The third-order valence-electron chi connectivity index (χ3n) is 2.32. The Labute approximate surface area is 109 Å². The second kappa shape index (κ2) is 5.29. The maximum atomic E-state index is 5.78. The van der Waals surface area contributed by atoms with Crippen LogP contribution < -0.4 is 10.5 Å². The van der Waals surface area contributed by atoms with E-state index in [9.17, 15) is 0 Å². The van der Waals surface area contributed by atoms with Gasteiger partial charge in [-0.15, -0.1) is 0 Å². The topological polar surface area (TPSA) is 48.1 Å². The van der Waals surface area contributed by atoms with Gasteiger partial charge in [0.05, 0.1) is 6.20 Å². The first-order valence-corrected chi connectivity index (χ1v) is 6.08. The van der Waals surface area contributed by atoms with Crippen LogP contribution in [0.3, 0.4) is 0 Å². The molecular formula is C13H13BrN2O. The molecule has 2 rings (SSSR count). The number of rotatable bonds is 3. The maximum Gasteiger partial charge on any atom is 0.146 e. The number of nitrogens with two attached hydrogens (primary N) is 1. The van der Waals surface area contributed by atoms with Gasteiger partial charge in [0.15, 0.2) is 0 Å². The number of aromatic nitrogens is 1. The van der Waals surface area contributed by atoms with Crippen LogP contribution in [-0.2, 0) is 0 Å². The van der Waals surface area contributed by atoms with Gasteiger partial charge in [-0.3, -0.25) is 4.98 Å². The van der Waals surface area contributed by atoms with Crippen molar-refractivity contribution in [1.82, 2.24) is 4.98 Å². The van der Waals surface area contributed by atoms with Crippen molar-refractivity contribution in [2.24, 2.45) is 5.73 Å². The molecule has 1 atom stereocenters. The molecule has 4 heteroatoms. The van der Waals surface area contributed by atoms with E-state index in [0.29, 0.717) is 5.75 Å². The average molecular weight is 293 g/mol. The van der Waals surface area contributed by atoms with E-state index in [1.165, 1.54) is 0 Å². The monoisotopic (exact) mass is 292 g/mol. The van der Waals surface area contributed by atoms with Crippen molar-refractivity contribution in [3.63, 3.8) is 0 Å². The SMILES string of the molecule is CC(N)c1ccc(Oc2cncc(Br)c2)cc1. The Morgan fingerprint density at radius 3 is 2.47 bits per heavy atom. The number of benzene rings is 1. The van der Waals surface area contributed by atoms with E-state index in [-0.39, 0.29) is 6.04 Å². The second-order valence-electron chi connectivity index (χ2n) is 3.80. The Hall–Kier alpha value is -1.39. The lowest BCUT2D eigenvalue weighted by Crippen LogP contribution is -2.04. The minimum absolute atomic E-state index is 0.0385. The molecule has 17 heavy (non-hydrogen) atoms. The standard InChI is InChI=1S/C13H13BrN2O/c1-9(15)10-2-4-12(5-3-10)17-13-6-11(14)7-16-8-13/h2-9H,15H2,1H3. The molecule has 88 valence electrons. The first kappa shape index (κ1) is 12.1. The van der Waals surface area contributed by atoms with Gasteiger partial charge in [-0.05, 0) is 46.6 Å².